The molecule has 0 fully saturated rings. The van der Waals surface area contributed by atoms with Crippen molar-refractivity contribution in [1.29, 1.82) is 0 Å². The van der Waals surface area contributed by atoms with Gasteiger partial charge in [0.15, 0.2) is 0 Å². The van der Waals surface area contributed by atoms with Crippen molar-refractivity contribution >= 4 is 0 Å². The first-order valence-corrected chi connectivity index (χ1v) is 4.36. The van der Waals surface area contributed by atoms with Crippen molar-refractivity contribution in [3.05, 3.63) is 11.4 Å². The van der Waals surface area contributed by atoms with Gasteiger partial charge in [0.25, 0.3) is 0 Å². The van der Waals surface area contributed by atoms with Crippen LogP contribution in [0.4, 0.5) is 0 Å². The van der Waals surface area contributed by atoms with Crippen LogP contribution in [-0.4, -0.2) is 39.3 Å². The second kappa shape index (κ2) is 4.50. The van der Waals surface area contributed by atoms with Gasteiger partial charge in [0, 0.05) is 6.54 Å². The van der Waals surface area contributed by atoms with Gasteiger partial charge in [-0.2, -0.15) is 0 Å². The van der Waals surface area contributed by atoms with E-state index in [4.69, 9.17) is 10.2 Å². The monoisotopic (exact) mass is 201 g/mol. The van der Waals surface area contributed by atoms with Gasteiger partial charge in [-0.05, 0) is 13.8 Å². The van der Waals surface area contributed by atoms with E-state index >= 15 is 0 Å². The molecule has 0 saturated heterocycles. The van der Waals surface area contributed by atoms with E-state index in [2.05, 4.69) is 20.3 Å². The Morgan fingerprint density at radius 1 is 1.36 bits per heavy atom. The first kappa shape index (κ1) is 11.1. The molecule has 1 aromatic heterocycles. The number of aromatic nitrogens is 2. The highest BCUT2D eigenvalue weighted by molar-refractivity contribution is 5.04. The van der Waals surface area contributed by atoms with Gasteiger partial charge in [-0.3, -0.25) is 0 Å². The minimum Gasteiger partial charge on any atom is -0.394 e. The lowest BCUT2D eigenvalue weighted by Crippen LogP contribution is -2.48. The van der Waals surface area contributed by atoms with E-state index < -0.39 is 5.54 Å². The summed E-state index contributed by atoms with van der Waals surface area (Å²) in [4.78, 5) is 0. The van der Waals surface area contributed by atoms with E-state index in [0.29, 0.717) is 17.9 Å². The first-order valence-electron chi connectivity index (χ1n) is 4.36. The highest BCUT2D eigenvalue weighted by Crippen LogP contribution is 2.05. The molecule has 0 spiro atoms. The molecule has 0 amide bonds. The van der Waals surface area contributed by atoms with Crippen LogP contribution in [0.2, 0.25) is 0 Å². The van der Waals surface area contributed by atoms with Crippen molar-refractivity contribution in [3.63, 3.8) is 0 Å². The zero-order chi connectivity index (χ0) is 10.6. The Balaban J connectivity index is 2.52. The molecule has 0 aliphatic carbocycles. The molecule has 1 heterocycles. The van der Waals surface area contributed by atoms with E-state index in [0.717, 1.165) is 0 Å². The number of rotatable bonds is 5. The maximum absolute atomic E-state index is 9.00. The van der Waals surface area contributed by atoms with Gasteiger partial charge in [-0.25, -0.2) is 4.63 Å². The molecular formula is C8H15N3O3. The Morgan fingerprint density at radius 3 is 2.43 bits per heavy atom. The first-order chi connectivity index (χ1) is 6.61. The molecule has 3 N–H and O–H groups in total. The molecular weight excluding hydrogens is 186 g/mol. The molecule has 0 aliphatic rings. The van der Waals surface area contributed by atoms with Crippen LogP contribution >= 0.6 is 0 Å². The Labute approximate surface area is 81.9 Å². The largest absolute Gasteiger partial charge is 0.394 e. The molecule has 0 atom stereocenters. The fraction of sp³-hybridized carbons (Fsp3) is 0.750. The molecule has 6 nitrogen and oxygen atoms in total. The van der Waals surface area contributed by atoms with Crippen molar-refractivity contribution < 1.29 is 14.8 Å². The van der Waals surface area contributed by atoms with Crippen LogP contribution in [0, 0.1) is 6.92 Å². The second-order valence-corrected chi connectivity index (χ2v) is 3.53. The van der Waals surface area contributed by atoms with Crippen LogP contribution < -0.4 is 5.32 Å². The summed E-state index contributed by atoms with van der Waals surface area (Å²) in [5.41, 5.74) is 0.680. The molecule has 0 aromatic carbocycles. The highest BCUT2D eigenvalue weighted by Gasteiger charge is 2.22. The van der Waals surface area contributed by atoms with Crippen molar-refractivity contribution in [3.8, 4) is 0 Å². The lowest BCUT2D eigenvalue weighted by molar-refractivity contribution is 0.102. The summed E-state index contributed by atoms with van der Waals surface area (Å²) < 4.78 is 4.51. The molecule has 14 heavy (non-hydrogen) atoms. The predicted octanol–water partition coefficient (Wildman–Crippen LogP) is -0.789. The van der Waals surface area contributed by atoms with Gasteiger partial charge < -0.3 is 15.5 Å². The topological polar surface area (TPSA) is 91.4 Å². The van der Waals surface area contributed by atoms with Crippen LogP contribution in [0.25, 0.3) is 0 Å². The summed E-state index contributed by atoms with van der Waals surface area (Å²) >= 11 is 0. The SMILES string of the molecule is Cc1nonc1CNC(C)(CO)CO. The fourth-order valence-electron chi connectivity index (χ4n) is 0.869. The number of hydrogen-bond acceptors (Lipinski definition) is 6. The van der Waals surface area contributed by atoms with Crippen molar-refractivity contribution in [1.82, 2.24) is 15.6 Å². The van der Waals surface area contributed by atoms with E-state index in [-0.39, 0.29) is 13.2 Å². The number of aliphatic hydroxyl groups is 2. The minimum absolute atomic E-state index is 0.145. The van der Waals surface area contributed by atoms with Gasteiger partial charge in [0.1, 0.15) is 11.4 Å². The number of nitrogens with zero attached hydrogens (tertiary/aromatic N) is 2. The Bertz CT molecular complexity index is 283. The van der Waals surface area contributed by atoms with Gasteiger partial charge in [-0.1, -0.05) is 10.3 Å². The zero-order valence-corrected chi connectivity index (χ0v) is 8.32. The average Bonchev–Trinajstić information content (AvgIpc) is 2.61. The normalized spacial score (nSPS) is 12.0. The van der Waals surface area contributed by atoms with Gasteiger partial charge in [0.2, 0.25) is 0 Å². The highest BCUT2D eigenvalue weighted by atomic mass is 16.6. The van der Waals surface area contributed by atoms with Gasteiger partial charge >= 0.3 is 0 Å². The second-order valence-electron chi connectivity index (χ2n) is 3.53. The molecule has 0 bridgehead atoms. The van der Waals surface area contributed by atoms with E-state index in [1.165, 1.54) is 0 Å². The van der Waals surface area contributed by atoms with E-state index in [9.17, 15) is 0 Å². The maximum atomic E-state index is 9.00. The van der Waals surface area contributed by atoms with Crippen LogP contribution in [0.15, 0.2) is 4.63 Å². The summed E-state index contributed by atoms with van der Waals surface area (Å²) in [6.45, 7) is 3.62. The van der Waals surface area contributed by atoms with Crippen molar-refractivity contribution in [2.24, 2.45) is 0 Å². The van der Waals surface area contributed by atoms with E-state index in [1.54, 1.807) is 13.8 Å². The summed E-state index contributed by atoms with van der Waals surface area (Å²) in [6.07, 6.45) is 0. The summed E-state index contributed by atoms with van der Waals surface area (Å²) in [5, 5.41) is 28.3. The van der Waals surface area contributed by atoms with Gasteiger partial charge in [0.05, 0.1) is 18.8 Å². The lowest BCUT2D eigenvalue weighted by atomic mass is 10.1. The molecule has 1 aromatic rings. The van der Waals surface area contributed by atoms with Crippen LogP contribution in [0.3, 0.4) is 0 Å². The number of aryl methyl sites for hydroxylation is 1. The third kappa shape index (κ3) is 2.50. The third-order valence-electron chi connectivity index (χ3n) is 2.13. The lowest BCUT2D eigenvalue weighted by Gasteiger charge is -2.25. The quantitative estimate of drug-likeness (QED) is 0.578. The maximum Gasteiger partial charge on any atom is 0.121 e. The number of hydrogen-bond donors (Lipinski definition) is 3. The molecule has 0 saturated carbocycles. The Morgan fingerprint density at radius 2 is 2.00 bits per heavy atom. The van der Waals surface area contributed by atoms with Gasteiger partial charge in [-0.15, -0.1) is 0 Å². The summed E-state index contributed by atoms with van der Waals surface area (Å²) in [5.74, 6) is 0. The molecule has 1 rings (SSSR count). The fourth-order valence-corrected chi connectivity index (χ4v) is 0.869. The number of nitrogens with one attached hydrogen (secondary N) is 1. The third-order valence-corrected chi connectivity index (χ3v) is 2.13. The smallest absolute Gasteiger partial charge is 0.121 e. The molecule has 0 unspecified atom stereocenters. The predicted molar refractivity (Wildman–Crippen MR) is 48.5 cm³/mol. The molecule has 6 heteroatoms. The van der Waals surface area contributed by atoms with Crippen molar-refractivity contribution in [2.45, 2.75) is 25.9 Å². The standard InChI is InChI=1S/C8H15N3O3/c1-6-7(11-14-10-6)3-9-8(2,4-12)5-13/h9,12-13H,3-5H2,1-2H3. The summed E-state index contributed by atoms with van der Waals surface area (Å²) in [6, 6.07) is 0. The molecule has 0 radical (unpaired) electrons. The Kier molecular flexibility index (Phi) is 3.56. The Hall–Kier alpha value is -0.980. The van der Waals surface area contributed by atoms with Crippen LogP contribution in [0.1, 0.15) is 18.3 Å². The zero-order valence-electron chi connectivity index (χ0n) is 8.32. The molecule has 0 aliphatic heterocycles. The molecule has 80 valence electrons. The van der Waals surface area contributed by atoms with Crippen LogP contribution in [-0.2, 0) is 6.54 Å². The van der Waals surface area contributed by atoms with Crippen molar-refractivity contribution in [2.75, 3.05) is 13.2 Å². The minimum atomic E-state index is -0.703. The summed E-state index contributed by atoms with van der Waals surface area (Å²) in [7, 11) is 0. The number of aliphatic hydroxyl groups excluding tert-OH is 2. The van der Waals surface area contributed by atoms with E-state index in [1.807, 2.05) is 0 Å². The van der Waals surface area contributed by atoms with Crippen LogP contribution in [0.5, 0.6) is 0 Å². The average molecular weight is 201 g/mol.